The highest BCUT2D eigenvalue weighted by Gasteiger charge is 2.11. The Balaban J connectivity index is 0.00000353. The van der Waals surface area contributed by atoms with Gasteiger partial charge in [-0.05, 0) is 110 Å². The van der Waals surface area contributed by atoms with E-state index in [0.29, 0.717) is 34.1 Å². The Morgan fingerprint density at radius 2 is 0.778 bits per heavy atom. The highest BCUT2D eigenvalue weighted by molar-refractivity contribution is 5.91. The predicted molar refractivity (Wildman–Crippen MR) is 179 cm³/mol. The monoisotopic (exact) mass is 614 g/mol. The molecule has 45 heavy (non-hydrogen) atoms. The van der Waals surface area contributed by atoms with E-state index in [1.807, 2.05) is 48.5 Å². The van der Waals surface area contributed by atoms with Crippen molar-refractivity contribution in [1.82, 2.24) is 0 Å². The second-order valence-corrected chi connectivity index (χ2v) is 10.8. The van der Waals surface area contributed by atoms with Crippen molar-refractivity contribution in [2.24, 2.45) is 0 Å². The summed E-state index contributed by atoms with van der Waals surface area (Å²) in [6, 6.07) is 29.0. The average molecular weight is 615 g/mol. The maximum atomic E-state index is 12.6. The fraction of sp³-hybridized carbons (Fsp3) is 0.316. The number of hydrogen-bond acceptors (Lipinski definition) is 5. The quantitative estimate of drug-likeness (QED) is 0.0710. The Hall–Kier alpha value is -4.46. The van der Waals surface area contributed by atoms with Crippen LogP contribution in [-0.4, -0.2) is 22.9 Å². The van der Waals surface area contributed by atoms with Crippen molar-refractivity contribution in [2.45, 2.75) is 78.1 Å². The summed E-state index contributed by atoms with van der Waals surface area (Å²) in [7, 11) is 0. The van der Waals surface area contributed by atoms with Crippen LogP contribution in [0.3, 0.4) is 0 Å². The summed E-state index contributed by atoms with van der Waals surface area (Å²) in [6.45, 7) is 4.42. The van der Waals surface area contributed by atoms with E-state index in [0.717, 1.165) is 12.8 Å². The summed E-state index contributed by atoms with van der Waals surface area (Å²) in [5.41, 5.74) is 3.36. The van der Waals surface area contributed by atoms with E-state index in [9.17, 15) is 9.59 Å². The lowest BCUT2D eigenvalue weighted by Crippen LogP contribution is -2.08. The van der Waals surface area contributed by atoms with Crippen molar-refractivity contribution >= 4 is 11.9 Å². The molecule has 0 aliphatic rings. The van der Waals surface area contributed by atoms with Crippen LogP contribution in [0, 0.1) is 0 Å². The minimum absolute atomic E-state index is 0. The Morgan fingerprint density at radius 1 is 0.444 bits per heavy atom. The molecule has 0 saturated carbocycles. The van der Waals surface area contributed by atoms with E-state index in [-0.39, 0.29) is 11.0 Å². The number of hydrogen-bond donors (Lipinski definition) is 0. The van der Waals surface area contributed by atoms with Crippen molar-refractivity contribution < 1.29 is 34.8 Å². The second-order valence-electron chi connectivity index (χ2n) is 10.8. The third kappa shape index (κ3) is 12.2. The predicted octanol–water partition coefficient (Wildman–Crippen LogP) is 8.51. The molecule has 7 nitrogen and oxygen atoms in total. The molecule has 0 amide bonds. The normalized spacial score (nSPS) is 10.3. The summed E-state index contributed by atoms with van der Waals surface area (Å²) in [4.78, 5) is 25.2. The van der Waals surface area contributed by atoms with Crippen LogP contribution in [0.1, 0.15) is 97.1 Å². The van der Waals surface area contributed by atoms with Gasteiger partial charge in [0.1, 0.15) is 23.0 Å². The number of carbonyl (C=O) groups is 2. The number of aryl methyl sites for hydroxylation is 2. The highest BCUT2D eigenvalue weighted by atomic mass is 16.5. The number of ether oxygens (including phenoxy) is 3. The van der Waals surface area contributed by atoms with Gasteiger partial charge in [-0.25, -0.2) is 9.59 Å². The van der Waals surface area contributed by atoms with Gasteiger partial charge in [0.15, 0.2) is 0 Å². The Labute approximate surface area is 266 Å². The van der Waals surface area contributed by atoms with E-state index < -0.39 is 11.9 Å². The number of carbonyl (C=O) groups excluding carboxylic acids is 2. The zero-order chi connectivity index (χ0) is 30.3. The first-order valence-corrected chi connectivity index (χ1v) is 15.5. The van der Waals surface area contributed by atoms with Gasteiger partial charge in [0.05, 0.1) is 11.1 Å². The molecule has 0 aromatic heterocycles. The van der Waals surface area contributed by atoms with E-state index in [1.165, 1.54) is 62.5 Å². The molecule has 0 aliphatic carbocycles. The molecule has 7 heteroatoms. The Kier molecular flexibility index (Phi) is 16.1. The lowest BCUT2D eigenvalue weighted by Gasteiger charge is -2.09. The Bertz CT molecular complexity index is 1300. The minimum atomic E-state index is -0.424. The molecule has 0 atom stereocenters. The first kappa shape index (κ1) is 36.7. The number of rotatable bonds is 16. The minimum Gasteiger partial charge on any atom is -0.457 e. The van der Waals surface area contributed by atoms with E-state index in [4.69, 9.17) is 14.2 Å². The molecule has 0 bridgehead atoms. The standard InChI is InChI=1S/C38H42O5.2H2O/c1-3-5-7-9-11-29-13-21-35(22-14-29)42-37(39)31-17-25-33(26-18-31)41-34-27-19-32(20-28-34)38(40)43-36-23-15-30(16-24-36)12-10-8-6-4-2;;/h13-28H,3-12H2,1-2H3;2*1H2. The molecule has 0 heterocycles. The van der Waals surface area contributed by atoms with E-state index >= 15 is 0 Å². The lowest BCUT2D eigenvalue weighted by molar-refractivity contribution is 0.0725. The number of unbranched alkanes of at least 4 members (excludes halogenated alkanes) is 6. The van der Waals surface area contributed by atoms with Crippen LogP contribution in [0.15, 0.2) is 97.1 Å². The van der Waals surface area contributed by atoms with Gasteiger partial charge < -0.3 is 25.2 Å². The Morgan fingerprint density at radius 3 is 1.11 bits per heavy atom. The molecule has 4 rings (SSSR count). The lowest BCUT2D eigenvalue weighted by atomic mass is 10.1. The van der Waals surface area contributed by atoms with Crippen LogP contribution in [0.25, 0.3) is 0 Å². The van der Waals surface area contributed by atoms with Crippen LogP contribution in [0.2, 0.25) is 0 Å². The van der Waals surface area contributed by atoms with Crippen LogP contribution >= 0.6 is 0 Å². The van der Waals surface area contributed by atoms with Crippen molar-refractivity contribution in [1.29, 1.82) is 0 Å². The summed E-state index contributed by atoms with van der Waals surface area (Å²) in [6.07, 6.45) is 11.9. The van der Waals surface area contributed by atoms with Crippen LogP contribution in [0.4, 0.5) is 0 Å². The summed E-state index contributed by atoms with van der Waals surface area (Å²) >= 11 is 0. The largest absolute Gasteiger partial charge is 0.457 e. The van der Waals surface area contributed by atoms with Crippen LogP contribution < -0.4 is 14.2 Å². The fourth-order valence-electron chi connectivity index (χ4n) is 4.75. The number of benzene rings is 4. The maximum Gasteiger partial charge on any atom is 0.343 e. The smallest absolute Gasteiger partial charge is 0.343 e. The van der Waals surface area contributed by atoms with Crippen LogP contribution in [0.5, 0.6) is 23.0 Å². The van der Waals surface area contributed by atoms with Gasteiger partial charge in [0.25, 0.3) is 0 Å². The third-order valence-corrected chi connectivity index (χ3v) is 7.32. The van der Waals surface area contributed by atoms with Gasteiger partial charge >= 0.3 is 11.9 Å². The summed E-state index contributed by atoms with van der Waals surface area (Å²) < 4.78 is 17.0. The molecule has 0 fully saturated rings. The molecule has 0 spiro atoms. The second kappa shape index (κ2) is 19.7. The molecule has 240 valence electrons. The zero-order valence-corrected chi connectivity index (χ0v) is 26.3. The molecule has 0 saturated heterocycles. The van der Waals surface area contributed by atoms with E-state index in [2.05, 4.69) is 13.8 Å². The van der Waals surface area contributed by atoms with Crippen molar-refractivity contribution in [2.75, 3.05) is 0 Å². The van der Waals surface area contributed by atoms with Crippen molar-refractivity contribution in [3.05, 3.63) is 119 Å². The molecular formula is C38H46O7. The number of esters is 2. The fourth-order valence-corrected chi connectivity index (χ4v) is 4.75. The molecular weight excluding hydrogens is 568 g/mol. The van der Waals surface area contributed by atoms with Gasteiger partial charge in [-0.15, -0.1) is 0 Å². The van der Waals surface area contributed by atoms with Crippen LogP contribution in [-0.2, 0) is 12.8 Å². The topological polar surface area (TPSA) is 125 Å². The molecule has 0 aliphatic heterocycles. The van der Waals surface area contributed by atoms with Gasteiger partial charge in [-0.2, -0.15) is 0 Å². The third-order valence-electron chi connectivity index (χ3n) is 7.32. The molecule has 4 aromatic carbocycles. The maximum absolute atomic E-state index is 12.6. The molecule has 4 aromatic rings. The molecule has 0 radical (unpaired) electrons. The summed E-state index contributed by atoms with van der Waals surface area (Å²) in [5.74, 6) is 1.33. The van der Waals surface area contributed by atoms with Gasteiger partial charge in [-0.1, -0.05) is 76.6 Å². The highest BCUT2D eigenvalue weighted by Crippen LogP contribution is 2.24. The van der Waals surface area contributed by atoms with E-state index in [1.54, 1.807) is 48.5 Å². The first-order chi connectivity index (χ1) is 21.0. The molecule has 4 N–H and O–H groups in total. The van der Waals surface area contributed by atoms with Crippen molar-refractivity contribution in [3.8, 4) is 23.0 Å². The SMILES string of the molecule is CCCCCCc1ccc(OC(=O)c2ccc(Oc3ccc(C(=O)Oc4ccc(CCCCCC)cc4)cc3)cc2)cc1.O.O. The van der Waals surface area contributed by atoms with Gasteiger partial charge in [0.2, 0.25) is 0 Å². The molecule has 0 unspecified atom stereocenters. The first-order valence-electron chi connectivity index (χ1n) is 15.5. The average Bonchev–Trinajstić information content (AvgIpc) is 3.03. The zero-order valence-electron chi connectivity index (χ0n) is 26.3. The van der Waals surface area contributed by atoms with Crippen molar-refractivity contribution in [3.63, 3.8) is 0 Å². The van der Waals surface area contributed by atoms with Gasteiger partial charge in [0, 0.05) is 0 Å². The van der Waals surface area contributed by atoms with Gasteiger partial charge in [-0.3, -0.25) is 0 Å². The summed E-state index contributed by atoms with van der Waals surface area (Å²) in [5, 5.41) is 0.